The SMILES string of the molecule is Cc1occc1C(=O)N1C[C@@H]2CN(Cc3cccnc3)C[C@H]2C1. The van der Waals surface area contributed by atoms with Gasteiger partial charge in [0.2, 0.25) is 0 Å². The van der Waals surface area contributed by atoms with Crippen molar-refractivity contribution in [3.8, 4) is 0 Å². The highest BCUT2D eigenvalue weighted by atomic mass is 16.3. The second kappa shape index (κ2) is 5.81. The van der Waals surface area contributed by atoms with Crippen molar-refractivity contribution >= 4 is 5.91 Å². The Labute approximate surface area is 135 Å². The van der Waals surface area contributed by atoms with E-state index in [1.165, 1.54) is 5.56 Å². The minimum atomic E-state index is 0.115. The van der Waals surface area contributed by atoms with Gasteiger partial charge < -0.3 is 9.32 Å². The summed E-state index contributed by atoms with van der Waals surface area (Å²) < 4.78 is 5.26. The molecule has 2 fully saturated rings. The van der Waals surface area contributed by atoms with Crippen molar-refractivity contribution in [3.05, 3.63) is 53.7 Å². The normalized spacial score (nSPS) is 24.1. The summed E-state index contributed by atoms with van der Waals surface area (Å²) in [5.41, 5.74) is 1.96. The summed E-state index contributed by atoms with van der Waals surface area (Å²) in [6.45, 7) is 6.64. The van der Waals surface area contributed by atoms with Crippen molar-refractivity contribution in [2.24, 2.45) is 11.8 Å². The Morgan fingerprint density at radius 2 is 2.04 bits per heavy atom. The number of fused-ring (bicyclic) bond motifs is 1. The lowest BCUT2D eigenvalue weighted by Crippen LogP contribution is -2.33. The molecule has 0 N–H and O–H groups in total. The highest BCUT2D eigenvalue weighted by Gasteiger charge is 2.41. The molecular weight excluding hydrogens is 290 g/mol. The van der Waals surface area contributed by atoms with Gasteiger partial charge in [-0.05, 0) is 36.5 Å². The van der Waals surface area contributed by atoms with E-state index in [1.54, 1.807) is 12.3 Å². The highest BCUT2D eigenvalue weighted by Crippen LogP contribution is 2.32. The van der Waals surface area contributed by atoms with Crippen LogP contribution >= 0.6 is 0 Å². The van der Waals surface area contributed by atoms with Crippen molar-refractivity contribution < 1.29 is 9.21 Å². The quantitative estimate of drug-likeness (QED) is 0.872. The van der Waals surface area contributed by atoms with Crippen LogP contribution in [0.2, 0.25) is 0 Å². The fourth-order valence-corrected chi connectivity index (χ4v) is 3.91. The number of nitrogens with zero attached hydrogens (tertiary/aromatic N) is 3. The Kier molecular flexibility index (Phi) is 3.65. The molecule has 23 heavy (non-hydrogen) atoms. The Morgan fingerprint density at radius 3 is 2.65 bits per heavy atom. The van der Waals surface area contributed by atoms with Gasteiger partial charge in [-0.2, -0.15) is 0 Å². The molecule has 2 atom stereocenters. The van der Waals surface area contributed by atoms with Crippen LogP contribution in [0.3, 0.4) is 0 Å². The molecule has 0 saturated carbocycles. The molecule has 2 aromatic rings. The maximum absolute atomic E-state index is 12.6. The third kappa shape index (κ3) is 2.77. The Morgan fingerprint density at radius 1 is 1.26 bits per heavy atom. The molecule has 0 radical (unpaired) electrons. The summed E-state index contributed by atoms with van der Waals surface area (Å²) in [6, 6.07) is 5.89. The van der Waals surface area contributed by atoms with E-state index in [-0.39, 0.29) is 5.91 Å². The molecule has 4 rings (SSSR count). The van der Waals surface area contributed by atoms with Crippen LogP contribution in [0.25, 0.3) is 0 Å². The third-order valence-electron chi connectivity index (χ3n) is 5.07. The third-order valence-corrected chi connectivity index (χ3v) is 5.07. The molecule has 2 saturated heterocycles. The van der Waals surface area contributed by atoms with Crippen LogP contribution in [0.4, 0.5) is 0 Å². The Bertz CT molecular complexity index is 683. The van der Waals surface area contributed by atoms with Crippen LogP contribution < -0.4 is 0 Å². The van der Waals surface area contributed by atoms with E-state index >= 15 is 0 Å². The van der Waals surface area contributed by atoms with Gasteiger partial charge in [0.25, 0.3) is 5.91 Å². The van der Waals surface area contributed by atoms with Crippen LogP contribution in [0, 0.1) is 18.8 Å². The van der Waals surface area contributed by atoms with Crippen LogP contribution in [-0.2, 0) is 6.54 Å². The minimum absolute atomic E-state index is 0.115. The molecule has 0 unspecified atom stereocenters. The Hall–Kier alpha value is -2.14. The van der Waals surface area contributed by atoms with E-state index in [0.29, 0.717) is 23.2 Å². The van der Waals surface area contributed by atoms with Gasteiger partial charge in [-0.15, -0.1) is 0 Å². The number of likely N-dealkylation sites (tertiary alicyclic amines) is 2. The molecule has 0 spiro atoms. The van der Waals surface area contributed by atoms with Crippen molar-refractivity contribution in [1.82, 2.24) is 14.8 Å². The predicted molar refractivity (Wildman–Crippen MR) is 85.8 cm³/mol. The lowest BCUT2D eigenvalue weighted by molar-refractivity contribution is 0.0771. The maximum Gasteiger partial charge on any atom is 0.257 e. The van der Waals surface area contributed by atoms with Crippen LogP contribution in [0.1, 0.15) is 21.7 Å². The van der Waals surface area contributed by atoms with Gasteiger partial charge in [0.1, 0.15) is 5.76 Å². The lowest BCUT2D eigenvalue weighted by atomic mass is 10.0. The first-order valence-electron chi connectivity index (χ1n) is 8.15. The zero-order chi connectivity index (χ0) is 15.8. The number of hydrogen-bond donors (Lipinski definition) is 0. The van der Waals surface area contributed by atoms with Crippen molar-refractivity contribution in [3.63, 3.8) is 0 Å². The fraction of sp³-hybridized carbons (Fsp3) is 0.444. The average Bonchev–Trinajstić information content (AvgIpc) is 3.22. The first-order valence-corrected chi connectivity index (χ1v) is 8.15. The molecule has 0 bridgehead atoms. The smallest absolute Gasteiger partial charge is 0.257 e. The molecule has 0 aromatic carbocycles. The van der Waals surface area contributed by atoms with E-state index < -0.39 is 0 Å². The number of aromatic nitrogens is 1. The van der Waals surface area contributed by atoms with E-state index in [2.05, 4.69) is 16.0 Å². The number of furan rings is 1. The van der Waals surface area contributed by atoms with Crippen LogP contribution in [0.15, 0.2) is 41.3 Å². The molecule has 4 heterocycles. The van der Waals surface area contributed by atoms with Gasteiger partial charge >= 0.3 is 0 Å². The predicted octanol–water partition coefficient (Wildman–Crippen LogP) is 2.19. The average molecular weight is 311 g/mol. The zero-order valence-corrected chi connectivity index (χ0v) is 13.3. The number of rotatable bonds is 3. The summed E-state index contributed by atoms with van der Waals surface area (Å²) in [4.78, 5) is 21.2. The molecule has 2 aromatic heterocycles. The molecule has 2 aliphatic rings. The van der Waals surface area contributed by atoms with Gasteiger partial charge in [0.15, 0.2) is 0 Å². The molecule has 120 valence electrons. The number of hydrogen-bond acceptors (Lipinski definition) is 4. The first-order chi connectivity index (χ1) is 11.2. The lowest BCUT2D eigenvalue weighted by Gasteiger charge is -2.21. The summed E-state index contributed by atoms with van der Waals surface area (Å²) in [5.74, 6) is 2.00. The molecule has 5 heteroatoms. The van der Waals surface area contributed by atoms with Crippen LogP contribution in [0.5, 0.6) is 0 Å². The molecule has 2 aliphatic heterocycles. The van der Waals surface area contributed by atoms with Gasteiger partial charge in [0.05, 0.1) is 11.8 Å². The van der Waals surface area contributed by atoms with Gasteiger partial charge in [0, 0.05) is 45.1 Å². The van der Waals surface area contributed by atoms with E-state index in [9.17, 15) is 4.79 Å². The zero-order valence-electron chi connectivity index (χ0n) is 13.3. The Balaban J connectivity index is 1.37. The number of carbonyl (C=O) groups excluding carboxylic acids is 1. The van der Waals surface area contributed by atoms with Crippen LogP contribution in [-0.4, -0.2) is 46.9 Å². The fourth-order valence-electron chi connectivity index (χ4n) is 3.91. The topological polar surface area (TPSA) is 49.6 Å². The van der Waals surface area contributed by atoms with E-state index in [1.807, 2.05) is 30.3 Å². The first kappa shape index (κ1) is 14.5. The summed E-state index contributed by atoms with van der Waals surface area (Å²) in [5, 5.41) is 0. The summed E-state index contributed by atoms with van der Waals surface area (Å²) >= 11 is 0. The number of carbonyl (C=O) groups is 1. The van der Waals surface area contributed by atoms with Crippen molar-refractivity contribution in [2.45, 2.75) is 13.5 Å². The molecule has 0 aliphatic carbocycles. The van der Waals surface area contributed by atoms with Crippen molar-refractivity contribution in [1.29, 1.82) is 0 Å². The van der Waals surface area contributed by atoms with E-state index in [0.717, 1.165) is 32.7 Å². The van der Waals surface area contributed by atoms with Crippen molar-refractivity contribution in [2.75, 3.05) is 26.2 Å². The number of aryl methyl sites for hydroxylation is 1. The number of amides is 1. The van der Waals surface area contributed by atoms with Gasteiger partial charge in [-0.1, -0.05) is 6.07 Å². The van der Waals surface area contributed by atoms with E-state index in [4.69, 9.17) is 4.42 Å². The molecular formula is C18H21N3O2. The monoisotopic (exact) mass is 311 g/mol. The summed E-state index contributed by atoms with van der Waals surface area (Å²) in [6.07, 6.45) is 5.34. The largest absolute Gasteiger partial charge is 0.469 e. The second-order valence-electron chi connectivity index (χ2n) is 6.68. The second-order valence-corrected chi connectivity index (χ2v) is 6.68. The maximum atomic E-state index is 12.6. The van der Waals surface area contributed by atoms with Gasteiger partial charge in [-0.3, -0.25) is 14.7 Å². The number of pyridine rings is 1. The van der Waals surface area contributed by atoms with Gasteiger partial charge in [-0.25, -0.2) is 0 Å². The standard InChI is InChI=1S/C18H21N3O2/c1-13-17(4-6-23-13)18(22)21-11-15-9-20(10-16(15)12-21)8-14-3-2-5-19-7-14/h2-7,15-16H,8-12H2,1H3/t15-,16-/m0/s1. The summed E-state index contributed by atoms with van der Waals surface area (Å²) in [7, 11) is 0. The highest BCUT2D eigenvalue weighted by molar-refractivity contribution is 5.95. The minimum Gasteiger partial charge on any atom is -0.469 e. The molecule has 5 nitrogen and oxygen atoms in total. The molecule has 1 amide bonds.